The van der Waals surface area contributed by atoms with Crippen molar-refractivity contribution in [2.24, 2.45) is 5.10 Å². The highest BCUT2D eigenvalue weighted by Crippen LogP contribution is 2.26. The Kier molecular flexibility index (Phi) is 6.68. The maximum atomic E-state index is 13.2. The van der Waals surface area contributed by atoms with Crippen molar-refractivity contribution in [1.82, 2.24) is 5.43 Å². The summed E-state index contributed by atoms with van der Waals surface area (Å²) in [6.45, 7) is 1.42. The van der Waals surface area contributed by atoms with Gasteiger partial charge in [0, 0.05) is 9.90 Å². The van der Waals surface area contributed by atoms with Gasteiger partial charge < -0.3 is 0 Å². The number of nitrogens with one attached hydrogen (secondary N) is 1. The number of nitrogens with zero attached hydrogens (tertiary/aromatic N) is 2. The molecule has 0 atom stereocenters. The molecule has 0 unspecified atom stereocenters. The molecule has 1 amide bonds. The smallest absolute Gasteiger partial charge is 0.264 e. The molecule has 29 heavy (non-hydrogen) atoms. The maximum absolute atomic E-state index is 13.2. The van der Waals surface area contributed by atoms with Crippen molar-refractivity contribution in [3.8, 4) is 0 Å². The SMILES string of the molecule is Cc1ccc(S(=O)(=O)N(CC(=O)N/N=C\c2cccs2)c2cccc(Cl)c2)cc1. The Morgan fingerprint density at radius 2 is 1.93 bits per heavy atom. The number of hydrogen-bond donors (Lipinski definition) is 1. The Morgan fingerprint density at radius 1 is 1.17 bits per heavy atom. The lowest BCUT2D eigenvalue weighted by Gasteiger charge is -2.24. The first-order valence-electron chi connectivity index (χ1n) is 8.56. The molecule has 0 aliphatic carbocycles. The largest absolute Gasteiger partial charge is 0.271 e. The van der Waals surface area contributed by atoms with Crippen LogP contribution in [0.2, 0.25) is 5.02 Å². The fourth-order valence-electron chi connectivity index (χ4n) is 2.48. The first-order chi connectivity index (χ1) is 13.9. The van der Waals surface area contributed by atoms with Crippen molar-refractivity contribution in [1.29, 1.82) is 0 Å². The van der Waals surface area contributed by atoms with E-state index in [0.29, 0.717) is 5.02 Å². The molecule has 150 valence electrons. The number of carbonyl (C=O) groups excluding carboxylic acids is 1. The molecule has 0 radical (unpaired) electrons. The summed E-state index contributed by atoms with van der Waals surface area (Å²) in [5.41, 5.74) is 3.58. The maximum Gasteiger partial charge on any atom is 0.264 e. The monoisotopic (exact) mass is 447 g/mol. The van der Waals surface area contributed by atoms with Gasteiger partial charge in [-0.1, -0.05) is 41.4 Å². The molecule has 3 aromatic rings. The molecule has 0 fully saturated rings. The first-order valence-corrected chi connectivity index (χ1v) is 11.3. The number of rotatable bonds is 7. The van der Waals surface area contributed by atoms with Crippen LogP contribution in [0, 0.1) is 6.92 Å². The van der Waals surface area contributed by atoms with Crippen LogP contribution in [0.15, 0.2) is 76.0 Å². The van der Waals surface area contributed by atoms with Crippen molar-refractivity contribution in [2.75, 3.05) is 10.8 Å². The number of carbonyl (C=O) groups is 1. The van der Waals surface area contributed by atoms with Gasteiger partial charge in [0.1, 0.15) is 6.54 Å². The van der Waals surface area contributed by atoms with E-state index in [4.69, 9.17) is 11.6 Å². The van der Waals surface area contributed by atoms with Gasteiger partial charge in [-0.15, -0.1) is 11.3 Å². The number of anilines is 1. The van der Waals surface area contributed by atoms with Gasteiger partial charge in [-0.2, -0.15) is 5.10 Å². The van der Waals surface area contributed by atoms with Gasteiger partial charge in [0.15, 0.2) is 0 Å². The second-order valence-electron chi connectivity index (χ2n) is 6.11. The van der Waals surface area contributed by atoms with Crippen LogP contribution in [0.25, 0.3) is 0 Å². The normalized spacial score (nSPS) is 11.5. The number of halogens is 1. The van der Waals surface area contributed by atoms with Crippen LogP contribution < -0.4 is 9.73 Å². The zero-order valence-corrected chi connectivity index (χ0v) is 17.8. The van der Waals surface area contributed by atoms with Gasteiger partial charge in [0.2, 0.25) is 0 Å². The van der Waals surface area contributed by atoms with Crippen LogP contribution in [0.3, 0.4) is 0 Å². The Hall–Kier alpha value is -2.68. The Labute approximate surface area is 178 Å². The van der Waals surface area contributed by atoms with Crippen LogP contribution in [0.5, 0.6) is 0 Å². The Bertz CT molecular complexity index is 1110. The summed E-state index contributed by atoms with van der Waals surface area (Å²) < 4.78 is 27.4. The van der Waals surface area contributed by atoms with Gasteiger partial charge in [0.25, 0.3) is 15.9 Å². The highest BCUT2D eigenvalue weighted by molar-refractivity contribution is 7.92. The van der Waals surface area contributed by atoms with Gasteiger partial charge in [-0.05, 0) is 48.7 Å². The van der Waals surface area contributed by atoms with E-state index < -0.39 is 22.5 Å². The molecule has 0 spiro atoms. The van der Waals surface area contributed by atoms with Crippen LogP contribution in [-0.2, 0) is 14.8 Å². The summed E-state index contributed by atoms with van der Waals surface area (Å²) in [7, 11) is -3.99. The van der Waals surface area contributed by atoms with Crippen molar-refractivity contribution in [3.05, 3.63) is 81.5 Å². The predicted molar refractivity (Wildman–Crippen MR) is 117 cm³/mol. The van der Waals surface area contributed by atoms with E-state index in [1.54, 1.807) is 30.3 Å². The van der Waals surface area contributed by atoms with Gasteiger partial charge >= 0.3 is 0 Å². The molecular formula is C20H18ClN3O3S2. The molecule has 0 aliphatic rings. The second kappa shape index (κ2) is 9.21. The zero-order valence-electron chi connectivity index (χ0n) is 15.4. The average molecular weight is 448 g/mol. The molecule has 1 aromatic heterocycles. The Morgan fingerprint density at radius 3 is 2.59 bits per heavy atom. The van der Waals surface area contributed by atoms with Gasteiger partial charge in [0.05, 0.1) is 16.8 Å². The molecule has 0 saturated carbocycles. The number of thiophene rings is 1. The molecule has 6 nitrogen and oxygen atoms in total. The highest BCUT2D eigenvalue weighted by Gasteiger charge is 2.27. The minimum absolute atomic E-state index is 0.0814. The lowest BCUT2D eigenvalue weighted by atomic mass is 10.2. The van der Waals surface area contributed by atoms with E-state index in [1.165, 1.54) is 35.8 Å². The molecular weight excluding hydrogens is 430 g/mol. The number of hydrazone groups is 1. The van der Waals surface area contributed by atoms with E-state index in [2.05, 4.69) is 10.5 Å². The average Bonchev–Trinajstić information content (AvgIpc) is 3.20. The van der Waals surface area contributed by atoms with Crippen molar-refractivity contribution in [3.63, 3.8) is 0 Å². The summed E-state index contributed by atoms with van der Waals surface area (Å²) in [6, 6.07) is 16.5. The number of aryl methyl sites for hydroxylation is 1. The third-order valence-corrected chi connectivity index (χ3v) is 6.75. The first kappa shape index (κ1) is 21.0. The number of hydrogen-bond acceptors (Lipinski definition) is 5. The van der Waals surface area contributed by atoms with E-state index in [0.717, 1.165) is 14.7 Å². The highest BCUT2D eigenvalue weighted by atomic mass is 35.5. The number of benzene rings is 2. The zero-order chi connectivity index (χ0) is 20.9. The lowest BCUT2D eigenvalue weighted by Crippen LogP contribution is -2.39. The third kappa shape index (κ3) is 5.44. The summed E-state index contributed by atoms with van der Waals surface area (Å²) in [4.78, 5) is 13.4. The molecule has 1 N–H and O–H groups in total. The summed E-state index contributed by atoms with van der Waals surface area (Å²) >= 11 is 7.51. The minimum Gasteiger partial charge on any atom is -0.271 e. The minimum atomic E-state index is -3.99. The quantitative estimate of drug-likeness (QED) is 0.438. The topological polar surface area (TPSA) is 78.8 Å². The van der Waals surface area contributed by atoms with Crippen molar-refractivity contribution >= 4 is 50.8 Å². The predicted octanol–water partition coefficient (Wildman–Crippen LogP) is 4.06. The van der Waals surface area contributed by atoms with E-state index in [9.17, 15) is 13.2 Å². The third-order valence-electron chi connectivity index (χ3n) is 3.92. The van der Waals surface area contributed by atoms with Crippen molar-refractivity contribution < 1.29 is 13.2 Å². The summed E-state index contributed by atoms with van der Waals surface area (Å²) in [5.74, 6) is -0.575. The molecule has 9 heteroatoms. The van der Waals surface area contributed by atoms with Crippen LogP contribution in [-0.4, -0.2) is 27.1 Å². The number of sulfonamides is 1. The van der Waals surface area contributed by atoms with Gasteiger partial charge in [-0.25, -0.2) is 13.8 Å². The van der Waals surface area contributed by atoms with Crippen LogP contribution >= 0.6 is 22.9 Å². The molecule has 0 bridgehead atoms. The van der Waals surface area contributed by atoms with E-state index >= 15 is 0 Å². The molecule has 3 rings (SSSR count). The van der Waals surface area contributed by atoms with E-state index in [1.807, 2.05) is 24.4 Å². The van der Waals surface area contributed by atoms with E-state index in [-0.39, 0.29) is 10.6 Å². The molecule has 0 aliphatic heterocycles. The number of amides is 1. The summed E-state index contributed by atoms with van der Waals surface area (Å²) in [6.07, 6.45) is 1.50. The van der Waals surface area contributed by atoms with Crippen LogP contribution in [0.1, 0.15) is 10.4 Å². The molecule has 1 heterocycles. The summed E-state index contributed by atoms with van der Waals surface area (Å²) in [5, 5.41) is 6.13. The lowest BCUT2D eigenvalue weighted by molar-refractivity contribution is -0.119. The van der Waals surface area contributed by atoms with Crippen molar-refractivity contribution in [2.45, 2.75) is 11.8 Å². The van der Waals surface area contributed by atoms with Gasteiger partial charge in [-0.3, -0.25) is 9.10 Å². The molecule has 0 saturated heterocycles. The second-order valence-corrected chi connectivity index (χ2v) is 9.39. The molecule has 2 aromatic carbocycles. The van der Waals surface area contributed by atoms with Crippen LogP contribution in [0.4, 0.5) is 5.69 Å². The Balaban J connectivity index is 1.87. The fraction of sp³-hybridized carbons (Fsp3) is 0.100. The standard InChI is InChI=1S/C20H18ClN3O3S2/c1-15-7-9-19(10-8-15)29(26,27)24(17-5-2-4-16(21)12-17)14-20(25)23-22-13-18-6-3-11-28-18/h2-13H,14H2,1H3,(H,23,25)/b22-13-. The fourth-order valence-corrected chi connectivity index (χ4v) is 4.66.